The van der Waals surface area contributed by atoms with Crippen molar-refractivity contribution in [3.8, 4) is 28.7 Å². The maximum Gasteiger partial charge on any atom is 0.203 e. The van der Waals surface area contributed by atoms with Gasteiger partial charge in [-0.25, -0.2) is 0 Å². The van der Waals surface area contributed by atoms with Crippen molar-refractivity contribution in [2.75, 3.05) is 28.4 Å². The molecular weight excluding hydrogens is 456 g/mol. The van der Waals surface area contributed by atoms with Crippen LogP contribution in [0.25, 0.3) is 5.70 Å². The number of nitrogens with zero attached hydrogens (tertiary/aromatic N) is 1. The summed E-state index contributed by atoms with van der Waals surface area (Å²) in [5, 5.41) is 2.71. The fourth-order valence-corrected chi connectivity index (χ4v) is 4.55. The fourth-order valence-electron chi connectivity index (χ4n) is 4.37. The van der Waals surface area contributed by atoms with Crippen molar-refractivity contribution >= 4 is 17.3 Å². The Morgan fingerprint density at radius 3 is 2.18 bits per heavy atom. The highest BCUT2D eigenvalue weighted by Gasteiger charge is 2.41. The molecule has 176 valence electrons. The number of halogens is 1. The predicted octanol–water partition coefficient (Wildman–Crippen LogP) is 5.37. The Morgan fingerprint density at radius 2 is 1.56 bits per heavy atom. The van der Waals surface area contributed by atoms with Crippen LogP contribution in [0.4, 0.5) is 0 Å². The van der Waals surface area contributed by atoms with Gasteiger partial charge in [-0.3, -0.25) is 0 Å². The lowest BCUT2D eigenvalue weighted by atomic mass is 10.0. The van der Waals surface area contributed by atoms with Crippen molar-refractivity contribution in [1.29, 1.82) is 0 Å². The van der Waals surface area contributed by atoms with Crippen LogP contribution in [0.5, 0.6) is 28.7 Å². The van der Waals surface area contributed by atoms with Gasteiger partial charge in [0.2, 0.25) is 5.75 Å². The molecule has 0 spiro atoms. The largest absolute Gasteiger partial charge is 0.497 e. The standard InChI is InChI=1S/C26H25ClN2O5/c1-30-18-8-5-15(6-9-18)20-14-21-19-13-17(27)7-10-22(19)34-26(29(21)28-20)16-11-23(31-2)25(33-4)24(12-16)32-3/h5-14,21,26,28H,1-4H3. The lowest BCUT2D eigenvalue weighted by Crippen LogP contribution is -2.43. The van der Waals surface area contributed by atoms with Gasteiger partial charge in [0.25, 0.3) is 0 Å². The molecular formula is C26H25ClN2O5. The molecule has 5 rings (SSSR count). The molecule has 0 radical (unpaired) electrons. The van der Waals surface area contributed by atoms with Gasteiger partial charge < -0.3 is 29.1 Å². The van der Waals surface area contributed by atoms with Gasteiger partial charge in [0, 0.05) is 16.1 Å². The Kier molecular flexibility index (Phi) is 5.89. The maximum atomic E-state index is 6.48. The van der Waals surface area contributed by atoms with Crippen molar-refractivity contribution < 1.29 is 23.7 Å². The summed E-state index contributed by atoms with van der Waals surface area (Å²) < 4.78 is 28.4. The number of ether oxygens (including phenoxy) is 5. The number of nitrogens with one attached hydrogen (secondary N) is 1. The van der Waals surface area contributed by atoms with Crippen LogP contribution in [0.15, 0.2) is 60.7 Å². The van der Waals surface area contributed by atoms with E-state index < -0.39 is 6.23 Å². The summed E-state index contributed by atoms with van der Waals surface area (Å²) in [7, 11) is 6.43. The number of hydrogen-bond donors (Lipinski definition) is 1. The quantitative estimate of drug-likeness (QED) is 0.509. The molecule has 0 saturated carbocycles. The van der Waals surface area contributed by atoms with E-state index in [-0.39, 0.29) is 6.04 Å². The van der Waals surface area contributed by atoms with Crippen LogP contribution in [0.2, 0.25) is 5.02 Å². The number of benzene rings is 3. The van der Waals surface area contributed by atoms with E-state index in [2.05, 4.69) is 16.5 Å². The third-order valence-electron chi connectivity index (χ3n) is 6.03. The first-order valence-corrected chi connectivity index (χ1v) is 11.1. The average Bonchev–Trinajstić information content (AvgIpc) is 3.33. The van der Waals surface area contributed by atoms with Crippen LogP contribution in [0, 0.1) is 0 Å². The Bertz CT molecular complexity index is 1220. The zero-order valence-corrected chi connectivity index (χ0v) is 20.1. The van der Waals surface area contributed by atoms with Crippen LogP contribution in [-0.4, -0.2) is 33.4 Å². The highest BCUT2D eigenvalue weighted by atomic mass is 35.5. The van der Waals surface area contributed by atoms with Gasteiger partial charge in [0.15, 0.2) is 17.7 Å². The van der Waals surface area contributed by atoms with Crippen LogP contribution in [0.1, 0.15) is 29.0 Å². The summed E-state index contributed by atoms with van der Waals surface area (Å²) in [5.74, 6) is 3.21. The topological polar surface area (TPSA) is 61.4 Å². The third kappa shape index (κ3) is 3.77. The molecule has 0 saturated heterocycles. The van der Waals surface area contributed by atoms with Crippen LogP contribution >= 0.6 is 11.6 Å². The lowest BCUT2D eigenvalue weighted by molar-refractivity contribution is -0.0328. The lowest BCUT2D eigenvalue weighted by Gasteiger charge is -2.39. The molecule has 3 aromatic carbocycles. The number of methoxy groups -OCH3 is 4. The second kappa shape index (κ2) is 9.00. The molecule has 3 aromatic rings. The Balaban J connectivity index is 1.59. The monoisotopic (exact) mass is 480 g/mol. The summed E-state index contributed by atoms with van der Waals surface area (Å²) in [6.45, 7) is 0. The predicted molar refractivity (Wildman–Crippen MR) is 130 cm³/mol. The molecule has 0 aliphatic carbocycles. The second-order valence-electron chi connectivity index (χ2n) is 7.88. The van der Waals surface area contributed by atoms with Crippen LogP contribution in [0.3, 0.4) is 0 Å². The van der Waals surface area contributed by atoms with E-state index >= 15 is 0 Å². The molecule has 2 heterocycles. The Hall–Kier alpha value is -3.55. The molecule has 1 N–H and O–H groups in total. The molecule has 0 aromatic heterocycles. The highest BCUT2D eigenvalue weighted by Crippen LogP contribution is 2.49. The van der Waals surface area contributed by atoms with Gasteiger partial charge in [0.1, 0.15) is 11.5 Å². The average molecular weight is 481 g/mol. The minimum absolute atomic E-state index is 0.108. The van der Waals surface area contributed by atoms with E-state index in [1.165, 1.54) is 0 Å². The number of hydrogen-bond acceptors (Lipinski definition) is 7. The summed E-state index contributed by atoms with van der Waals surface area (Å²) in [4.78, 5) is 0. The molecule has 0 bridgehead atoms. The number of fused-ring (bicyclic) bond motifs is 3. The van der Waals surface area contributed by atoms with E-state index in [0.717, 1.165) is 33.9 Å². The SMILES string of the molecule is COc1ccc(C2=CC3c4cc(Cl)ccc4OC(c4cc(OC)c(OC)c(OC)c4)N3N2)cc1. The number of hydrazine groups is 1. The smallest absolute Gasteiger partial charge is 0.203 e. The van der Waals surface area contributed by atoms with E-state index in [4.69, 9.17) is 35.3 Å². The summed E-state index contributed by atoms with van der Waals surface area (Å²) >= 11 is 6.34. The molecule has 7 nitrogen and oxygen atoms in total. The third-order valence-corrected chi connectivity index (χ3v) is 6.26. The first kappa shape index (κ1) is 22.3. The Labute approximate surface area is 203 Å². The molecule has 0 amide bonds. The van der Waals surface area contributed by atoms with Crippen molar-refractivity contribution in [1.82, 2.24) is 10.4 Å². The molecule has 2 atom stereocenters. The second-order valence-corrected chi connectivity index (χ2v) is 8.32. The van der Waals surface area contributed by atoms with Crippen LogP contribution < -0.4 is 29.1 Å². The molecule has 34 heavy (non-hydrogen) atoms. The molecule has 2 aliphatic rings. The summed E-state index contributed by atoms with van der Waals surface area (Å²) in [6, 6.07) is 17.3. The van der Waals surface area contributed by atoms with Gasteiger partial charge in [-0.2, -0.15) is 5.01 Å². The summed E-state index contributed by atoms with van der Waals surface area (Å²) in [6.07, 6.45) is 1.70. The van der Waals surface area contributed by atoms with Gasteiger partial charge in [-0.05, 0) is 66.2 Å². The van der Waals surface area contributed by atoms with Gasteiger partial charge >= 0.3 is 0 Å². The first-order chi connectivity index (χ1) is 16.6. The maximum absolute atomic E-state index is 6.48. The minimum atomic E-state index is -0.473. The van der Waals surface area contributed by atoms with Crippen molar-refractivity contribution in [3.05, 3.63) is 82.4 Å². The van der Waals surface area contributed by atoms with E-state index in [1.54, 1.807) is 28.4 Å². The van der Waals surface area contributed by atoms with Gasteiger partial charge in [0.05, 0.1) is 40.2 Å². The number of rotatable bonds is 6. The minimum Gasteiger partial charge on any atom is -0.497 e. The van der Waals surface area contributed by atoms with Gasteiger partial charge in [-0.15, -0.1) is 0 Å². The fraction of sp³-hybridized carbons (Fsp3) is 0.231. The summed E-state index contributed by atoms with van der Waals surface area (Å²) in [5.41, 5.74) is 7.34. The molecule has 2 aliphatic heterocycles. The van der Waals surface area contributed by atoms with Gasteiger partial charge in [-0.1, -0.05) is 11.6 Å². The zero-order valence-electron chi connectivity index (χ0n) is 19.3. The van der Waals surface area contributed by atoms with Crippen molar-refractivity contribution in [2.24, 2.45) is 0 Å². The Morgan fingerprint density at radius 1 is 0.853 bits per heavy atom. The first-order valence-electron chi connectivity index (χ1n) is 10.7. The van der Waals surface area contributed by atoms with Crippen LogP contribution in [-0.2, 0) is 0 Å². The van der Waals surface area contributed by atoms with E-state index in [9.17, 15) is 0 Å². The van der Waals surface area contributed by atoms with Crippen molar-refractivity contribution in [2.45, 2.75) is 12.3 Å². The molecule has 8 heteroatoms. The van der Waals surface area contributed by atoms with Crippen molar-refractivity contribution in [3.63, 3.8) is 0 Å². The molecule has 2 unspecified atom stereocenters. The zero-order chi connectivity index (χ0) is 23.8. The molecule has 0 fully saturated rings. The van der Waals surface area contributed by atoms with E-state index in [1.807, 2.05) is 54.6 Å². The highest BCUT2D eigenvalue weighted by molar-refractivity contribution is 6.30. The van der Waals surface area contributed by atoms with E-state index in [0.29, 0.717) is 22.3 Å². The normalized spacial score (nSPS) is 18.7.